The summed E-state index contributed by atoms with van der Waals surface area (Å²) in [6.07, 6.45) is 3.61. The number of halogens is 2. The van der Waals surface area contributed by atoms with Gasteiger partial charge in [0, 0.05) is 12.2 Å². The summed E-state index contributed by atoms with van der Waals surface area (Å²) in [4.78, 5) is 0. The first-order valence-corrected chi connectivity index (χ1v) is 7.10. The molecule has 2 aromatic rings. The Morgan fingerprint density at radius 1 is 1.00 bits per heavy atom. The van der Waals surface area contributed by atoms with Crippen LogP contribution >= 0.6 is 0 Å². The minimum atomic E-state index is -2.78. The molecular formula is C17H17F2NO. The van der Waals surface area contributed by atoms with Crippen molar-refractivity contribution in [3.05, 3.63) is 59.2 Å². The first-order chi connectivity index (χ1) is 10.2. The monoisotopic (exact) mass is 289 g/mol. The second kappa shape index (κ2) is 6.12. The van der Waals surface area contributed by atoms with E-state index in [-0.39, 0.29) is 5.75 Å². The molecule has 0 unspecified atom stereocenters. The van der Waals surface area contributed by atoms with Crippen LogP contribution in [0.3, 0.4) is 0 Å². The summed E-state index contributed by atoms with van der Waals surface area (Å²) >= 11 is 0. The first kappa shape index (κ1) is 13.9. The summed E-state index contributed by atoms with van der Waals surface area (Å²) in [5.74, 6) is 0.174. The van der Waals surface area contributed by atoms with Crippen molar-refractivity contribution in [2.45, 2.75) is 32.4 Å². The zero-order valence-electron chi connectivity index (χ0n) is 11.6. The number of aryl methyl sites for hydroxylation is 2. The summed E-state index contributed by atoms with van der Waals surface area (Å²) < 4.78 is 28.4. The SMILES string of the molecule is FC(F)Oc1ccc(NCc2ccc3c(c2)CCC3)cc1. The molecular weight excluding hydrogens is 272 g/mol. The van der Waals surface area contributed by atoms with Crippen molar-refractivity contribution in [3.8, 4) is 5.75 Å². The van der Waals surface area contributed by atoms with E-state index < -0.39 is 6.61 Å². The minimum Gasteiger partial charge on any atom is -0.435 e. The van der Waals surface area contributed by atoms with Gasteiger partial charge in [0.2, 0.25) is 0 Å². The fourth-order valence-electron chi connectivity index (χ4n) is 2.69. The van der Waals surface area contributed by atoms with Gasteiger partial charge in [0.1, 0.15) is 5.75 Å². The highest BCUT2D eigenvalue weighted by atomic mass is 19.3. The van der Waals surface area contributed by atoms with Gasteiger partial charge in [-0.05, 0) is 60.2 Å². The lowest BCUT2D eigenvalue weighted by molar-refractivity contribution is -0.0498. The fraction of sp³-hybridized carbons (Fsp3) is 0.294. The van der Waals surface area contributed by atoms with Crippen LogP contribution in [0.4, 0.5) is 14.5 Å². The third kappa shape index (κ3) is 3.51. The van der Waals surface area contributed by atoms with Gasteiger partial charge < -0.3 is 10.1 Å². The van der Waals surface area contributed by atoms with Crippen LogP contribution in [0.5, 0.6) is 5.75 Å². The lowest BCUT2D eigenvalue weighted by Crippen LogP contribution is -2.03. The lowest BCUT2D eigenvalue weighted by atomic mass is 10.1. The molecule has 0 aromatic heterocycles. The molecule has 4 heteroatoms. The van der Waals surface area contributed by atoms with Gasteiger partial charge in [-0.25, -0.2) is 0 Å². The molecule has 2 aromatic carbocycles. The zero-order valence-corrected chi connectivity index (χ0v) is 11.6. The maximum absolute atomic E-state index is 12.1. The molecule has 0 fully saturated rings. The van der Waals surface area contributed by atoms with Gasteiger partial charge in [-0.1, -0.05) is 18.2 Å². The summed E-state index contributed by atoms with van der Waals surface area (Å²) in [6, 6.07) is 13.2. The smallest absolute Gasteiger partial charge is 0.387 e. The average molecular weight is 289 g/mol. The average Bonchev–Trinajstić information content (AvgIpc) is 2.93. The van der Waals surface area contributed by atoms with E-state index in [0.29, 0.717) is 0 Å². The number of hydrogen-bond donors (Lipinski definition) is 1. The van der Waals surface area contributed by atoms with Crippen LogP contribution in [-0.4, -0.2) is 6.61 Å². The topological polar surface area (TPSA) is 21.3 Å². The minimum absolute atomic E-state index is 0.174. The van der Waals surface area contributed by atoms with E-state index >= 15 is 0 Å². The van der Waals surface area contributed by atoms with Crippen LogP contribution < -0.4 is 10.1 Å². The number of ether oxygens (including phenoxy) is 1. The number of rotatable bonds is 5. The Labute approximate surface area is 122 Å². The molecule has 1 N–H and O–H groups in total. The van der Waals surface area contributed by atoms with Crippen LogP contribution in [0.2, 0.25) is 0 Å². The van der Waals surface area contributed by atoms with Gasteiger partial charge in [-0.3, -0.25) is 0 Å². The summed E-state index contributed by atoms with van der Waals surface area (Å²) in [7, 11) is 0. The van der Waals surface area contributed by atoms with Crippen molar-refractivity contribution >= 4 is 5.69 Å². The molecule has 1 aliphatic rings. The van der Waals surface area contributed by atoms with Crippen LogP contribution in [0.1, 0.15) is 23.1 Å². The predicted molar refractivity (Wildman–Crippen MR) is 78.9 cm³/mol. The second-order valence-electron chi connectivity index (χ2n) is 5.21. The maximum atomic E-state index is 12.1. The van der Waals surface area contributed by atoms with E-state index in [9.17, 15) is 8.78 Å². The Morgan fingerprint density at radius 3 is 2.52 bits per heavy atom. The molecule has 0 spiro atoms. The first-order valence-electron chi connectivity index (χ1n) is 7.10. The molecule has 110 valence electrons. The third-order valence-electron chi connectivity index (χ3n) is 3.74. The highest BCUT2D eigenvalue weighted by molar-refractivity contribution is 5.47. The van der Waals surface area contributed by atoms with E-state index in [1.807, 2.05) is 0 Å². The Morgan fingerprint density at radius 2 is 1.76 bits per heavy atom. The standard InChI is InChI=1S/C17H17F2NO/c18-17(19)21-16-8-6-15(7-9-16)20-11-12-4-5-13-2-1-3-14(13)10-12/h4-10,17,20H,1-3,11H2. The summed E-state index contributed by atoms with van der Waals surface area (Å²) in [5, 5.41) is 3.29. The van der Waals surface area contributed by atoms with E-state index in [1.165, 1.54) is 48.1 Å². The van der Waals surface area contributed by atoms with Crippen LogP contribution in [0.15, 0.2) is 42.5 Å². The third-order valence-corrected chi connectivity index (χ3v) is 3.74. The molecule has 0 amide bonds. The number of benzene rings is 2. The number of alkyl halides is 2. The molecule has 0 atom stereocenters. The van der Waals surface area contributed by atoms with Crippen molar-refractivity contribution in [1.29, 1.82) is 0 Å². The molecule has 0 radical (unpaired) electrons. The van der Waals surface area contributed by atoms with Crippen molar-refractivity contribution in [2.75, 3.05) is 5.32 Å². The van der Waals surface area contributed by atoms with Gasteiger partial charge in [0.15, 0.2) is 0 Å². The molecule has 0 bridgehead atoms. The van der Waals surface area contributed by atoms with Crippen LogP contribution in [0, 0.1) is 0 Å². The van der Waals surface area contributed by atoms with Gasteiger partial charge in [0.25, 0.3) is 0 Å². The Hall–Kier alpha value is -2.10. The number of nitrogens with one attached hydrogen (secondary N) is 1. The Bertz CT molecular complexity index is 611. The molecule has 2 nitrogen and oxygen atoms in total. The van der Waals surface area contributed by atoms with E-state index in [4.69, 9.17) is 0 Å². The van der Waals surface area contributed by atoms with E-state index in [0.717, 1.165) is 12.2 Å². The summed E-state index contributed by atoms with van der Waals surface area (Å²) in [5.41, 5.74) is 5.04. The largest absolute Gasteiger partial charge is 0.435 e. The van der Waals surface area contributed by atoms with Gasteiger partial charge >= 0.3 is 6.61 Å². The molecule has 0 aliphatic heterocycles. The second-order valence-corrected chi connectivity index (χ2v) is 5.21. The van der Waals surface area contributed by atoms with Gasteiger partial charge in [-0.15, -0.1) is 0 Å². The Kier molecular flexibility index (Phi) is 4.04. The summed E-state index contributed by atoms with van der Waals surface area (Å²) in [6.45, 7) is -2.06. The number of hydrogen-bond acceptors (Lipinski definition) is 2. The van der Waals surface area contributed by atoms with Crippen molar-refractivity contribution in [3.63, 3.8) is 0 Å². The number of anilines is 1. The van der Waals surface area contributed by atoms with E-state index in [2.05, 4.69) is 28.3 Å². The highest BCUT2D eigenvalue weighted by Crippen LogP contribution is 2.23. The fourth-order valence-corrected chi connectivity index (χ4v) is 2.69. The van der Waals surface area contributed by atoms with Crippen LogP contribution in [0.25, 0.3) is 0 Å². The molecule has 21 heavy (non-hydrogen) atoms. The van der Waals surface area contributed by atoms with Crippen molar-refractivity contribution < 1.29 is 13.5 Å². The molecule has 1 aliphatic carbocycles. The lowest BCUT2D eigenvalue weighted by Gasteiger charge is -2.09. The maximum Gasteiger partial charge on any atom is 0.387 e. The van der Waals surface area contributed by atoms with Crippen molar-refractivity contribution in [1.82, 2.24) is 0 Å². The highest BCUT2D eigenvalue weighted by Gasteiger charge is 2.10. The zero-order chi connectivity index (χ0) is 14.7. The predicted octanol–water partition coefficient (Wildman–Crippen LogP) is 4.39. The Balaban J connectivity index is 1.59. The van der Waals surface area contributed by atoms with Gasteiger partial charge in [-0.2, -0.15) is 8.78 Å². The molecule has 3 rings (SSSR count). The van der Waals surface area contributed by atoms with Crippen LogP contribution in [-0.2, 0) is 19.4 Å². The number of fused-ring (bicyclic) bond motifs is 1. The van der Waals surface area contributed by atoms with Gasteiger partial charge in [0.05, 0.1) is 0 Å². The molecule has 0 heterocycles. The van der Waals surface area contributed by atoms with E-state index in [1.54, 1.807) is 12.1 Å². The quantitative estimate of drug-likeness (QED) is 0.881. The molecule has 0 saturated carbocycles. The van der Waals surface area contributed by atoms with Crippen molar-refractivity contribution in [2.24, 2.45) is 0 Å². The normalized spacial score (nSPS) is 13.3. The molecule has 0 saturated heterocycles.